The van der Waals surface area contributed by atoms with Crippen LogP contribution in [0.5, 0.6) is 5.75 Å². The molecule has 2 fully saturated rings. The summed E-state index contributed by atoms with van der Waals surface area (Å²) in [5.74, 6) is 0.187. The molecule has 2 aromatic heterocycles. The molecule has 5 rings (SSSR count). The highest BCUT2D eigenvalue weighted by molar-refractivity contribution is 7.18. The molecular formula is C21H26N6O2S. The predicted octanol–water partition coefficient (Wildman–Crippen LogP) is 2.78. The van der Waals surface area contributed by atoms with Gasteiger partial charge in [0.2, 0.25) is 5.13 Å². The molecule has 1 N–H and O–H groups in total. The molecule has 0 amide bonds. The van der Waals surface area contributed by atoms with E-state index in [1.165, 1.54) is 11.3 Å². The molecule has 2 aliphatic rings. The van der Waals surface area contributed by atoms with Gasteiger partial charge in [0, 0.05) is 50.7 Å². The summed E-state index contributed by atoms with van der Waals surface area (Å²) in [5.41, 5.74) is 1.55. The number of phenolic OH excluding ortho intramolecular Hbond substituents is 1. The van der Waals surface area contributed by atoms with Crippen LogP contribution in [-0.2, 0) is 4.74 Å². The second-order valence-electron chi connectivity index (χ2n) is 8.19. The number of hydrogen-bond acceptors (Lipinski definition) is 8. The molecular weight excluding hydrogens is 400 g/mol. The minimum absolute atomic E-state index is 0.187. The lowest BCUT2D eigenvalue weighted by Crippen LogP contribution is -2.49. The van der Waals surface area contributed by atoms with Crippen LogP contribution in [0.2, 0.25) is 0 Å². The molecule has 0 saturated carbocycles. The van der Waals surface area contributed by atoms with Gasteiger partial charge >= 0.3 is 0 Å². The summed E-state index contributed by atoms with van der Waals surface area (Å²) in [6.07, 6.45) is 8.83. The Balaban J connectivity index is 1.35. The molecule has 0 radical (unpaired) electrons. The summed E-state index contributed by atoms with van der Waals surface area (Å²) in [5, 5.41) is 21.0. The molecule has 4 heterocycles. The number of phenols is 1. The lowest BCUT2D eigenvalue weighted by atomic mass is 9.97. The van der Waals surface area contributed by atoms with E-state index in [9.17, 15) is 5.11 Å². The number of hydrogen-bond donors (Lipinski definition) is 1. The summed E-state index contributed by atoms with van der Waals surface area (Å²) in [7, 11) is 6.13. The maximum Gasteiger partial charge on any atom is 0.208 e. The topological polar surface area (TPSA) is 79.5 Å². The smallest absolute Gasteiger partial charge is 0.208 e. The van der Waals surface area contributed by atoms with Gasteiger partial charge in [-0.05, 0) is 38.4 Å². The van der Waals surface area contributed by atoms with Gasteiger partial charge in [0.25, 0.3) is 0 Å². The number of imidazole rings is 1. The van der Waals surface area contributed by atoms with Crippen LogP contribution in [0, 0.1) is 0 Å². The van der Waals surface area contributed by atoms with Crippen molar-refractivity contribution in [2.75, 3.05) is 26.1 Å². The lowest BCUT2D eigenvalue weighted by molar-refractivity contribution is 0.0570. The van der Waals surface area contributed by atoms with Crippen molar-refractivity contribution >= 4 is 16.5 Å². The summed E-state index contributed by atoms with van der Waals surface area (Å²) in [6, 6.07) is 6.96. The number of fused-ring (bicyclic) bond motifs is 2. The Labute approximate surface area is 179 Å². The summed E-state index contributed by atoms with van der Waals surface area (Å²) in [4.78, 5) is 8.78. The zero-order valence-corrected chi connectivity index (χ0v) is 18.2. The average molecular weight is 427 g/mol. The van der Waals surface area contributed by atoms with Crippen molar-refractivity contribution in [1.82, 2.24) is 24.6 Å². The van der Waals surface area contributed by atoms with E-state index in [-0.39, 0.29) is 5.75 Å². The number of ether oxygens (including phenoxy) is 1. The molecule has 2 saturated heterocycles. The first kappa shape index (κ1) is 19.5. The van der Waals surface area contributed by atoms with E-state index in [1.807, 2.05) is 30.0 Å². The van der Waals surface area contributed by atoms with Crippen LogP contribution in [-0.4, -0.2) is 75.2 Å². The Hall–Kier alpha value is -2.49. The molecule has 2 unspecified atom stereocenters. The van der Waals surface area contributed by atoms with Gasteiger partial charge in [0.05, 0.1) is 23.7 Å². The molecule has 9 heteroatoms. The van der Waals surface area contributed by atoms with Gasteiger partial charge < -0.3 is 19.3 Å². The number of benzene rings is 1. The van der Waals surface area contributed by atoms with E-state index in [4.69, 9.17) is 4.74 Å². The van der Waals surface area contributed by atoms with Crippen LogP contribution in [0.4, 0.5) is 5.13 Å². The quantitative estimate of drug-likeness (QED) is 0.672. The van der Waals surface area contributed by atoms with E-state index in [1.54, 1.807) is 18.6 Å². The van der Waals surface area contributed by atoms with E-state index in [0.717, 1.165) is 35.1 Å². The minimum Gasteiger partial charge on any atom is -0.507 e. The molecule has 8 nitrogen and oxygen atoms in total. The maximum absolute atomic E-state index is 10.6. The Morgan fingerprint density at radius 2 is 2.10 bits per heavy atom. The van der Waals surface area contributed by atoms with Crippen LogP contribution < -0.4 is 4.90 Å². The lowest BCUT2D eigenvalue weighted by Gasteiger charge is -2.40. The molecule has 0 spiro atoms. The van der Waals surface area contributed by atoms with Gasteiger partial charge in [-0.3, -0.25) is 4.90 Å². The standard InChI is InChI=1S/C21H26N6O2S/c1-25-15-8-14(9-17(25)19(11-15)29-3)26(2)21-24-23-20(30-21)16-5-4-13(10-18(16)28)27-7-6-22-12-27/h4-7,10,12,14-15,17,19,28H,8-9,11H2,1-3H3/t14-,15?,17?,19+/m0/s1. The number of rotatable bonds is 5. The number of anilines is 1. The molecule has 1 aromatic carbocycles. The third kappa shape index (κ3) is 3.27. The van der Waals surface area contributed by atoms with Crippen LogP contribution >= 0.6 is 11.3 Å². The number of aromatic hydroxyl groups is 1. The SMILES string of the molecule is CO[C@@H]1CC2C[C@H](N(C)c3nnc(-c4ccc(-n5ccnc5)cc4O)s3)CC1N2C. The highest BCUT2D eigenvalue weighted by Crippen LogP contribution is 2.40. The second kappa shape index (κ2) is 7.64. The van der Waals surface area contributed by atoms with E-state index in [2.05, 4.69) is 39.1 Å². The van der Waals surface area contributed by atoms with Gasteiger partial charge in [0.1, 0.15) is 5.75 Å². The minimum atomic E-state index is 0.187. The zero-order chi connectivity index (χ0) is 20.8. The highest BCUT2D eigenvalue weighted by atomic mass is 32.1. The monoisotopic (exact) mass is 426 g/mol. The Morgan fingerprint density at radius 3 is 2.83 bits per heavy atom. The van der Waals surface area contributed by atoms with E-state index < -0.39 is 0 Å². The van der Waals surface area contributed by atoms with Crippen LogP contribution in [0.3, 0.4) is 0 Å². The third-order valence-corrected chi connectivity index (χ3v) is 7.72. The van der Waals surface area contributed by atoms with Gasteiger partial charge in [-0.2, -0.15) is 0 Å². The average Bonchev–Trinajstić information content (AvgIpc) is 3.47. The zero-order valence-electron chi connectivity index (χ0n) is 17.3. The normalized spacial score (nSPS) is 26.2. The maximum atomic E-state index is 10.6. The fourth-order valence-corrected chi connectivity index (χ4v) is 5.77. The van der Waals surface area contributed by atoms with Crippen molar-refractivity contribution in [3.63, 3.8) is 0 Å². The third-order valence-electron chi connectivity index (χ3n) is 6.67. The van der Waals surface area contributed by atoms with Crippen molar-refractivity contribution in [3.05, 3.63) is 36.9 Å². The molecule has 0 aliphatic carbocycles. The molecule has 4 atom stereocenters. The molecule has 3 aromatic rings. The van der Waals surface area contributed by atoms with Crippen molar-refractivity contribution < 1.29 is 9.84 Å². The van der Waals surface area contributed by atoms with Crippen molar-refractivity contribution in [1.29, 1.82) is 0 Å². The van der Waals surface area contributed by atoms with E-state index >= 15 is 0 Å². The Bertz CT molecular complexity index is 1020. The summed E-state index contributed by atoms with van der Waals surface area (Å²) >= 11 is 1.52. The number of likely N-dealkylation sites (N-methyl/N-ethyl adjacent to an activating group) is 1. The Kier molecular flexibility index (Phi) is 4.96. The van der Waals surface area contributed by atoms with Crippen LogP contribution in [0.15, 0.2) is 36.9 Å². The van der Waals surface area contributed by atoms with Gasteiger partial charge in [-0.25, -0.2) is 4.98 Å². The first-order valence-electron chi connectivity index (χ1n) is 10.2. The fraction of sp³-hybridized carbons (Fsp3) is 0.476. The van der Waals surface area contributed by atoms with Crippen molar-refractivity contribution in [2.24, 2.45) is 0 Å². The number of aromatic nitrogens is 4. The predicted molar refractivity (Wildman–Crippen MR) is 116 cm³/mol. The van der Waals surface area contributed by atoms with Gasteiger partial charge in [0.15, 0.2) is 5.01 Å². The van der Waals surface area contributed by atoms with Crippen molar-refractivity contribution in [3.8, 4) is 22.0 Å². The summed E-state index contributed by atoms with van der Waals surface area (Å²) < 4.78 is 7.57. The first-order chi connectivity index (χ1) is 14.5. The fourth-order valence-electron chi connectivity index (χ4n) is 4.86. The van der Waals surface area contributed by atoms with Crippen molar-refractivity contribution in [2.45, 2.75) is 43.5 Å². The molecule has 2 aliphatic heterocycles. The summed E-state index contributed by atoms with van der Waals surface area (Å²) in [6.45, 7) is 0. The van der Waals surface area contributed by atoms with Gasteiger partial charge in [-0.15, -0.1) is 10.2 Å². The number of methoxy groups -OCH3 is 1. The number of piperidine rings is 1. The van der Waals surface area contributed by atoms with E-state index in [0.29, 0.717) is 29.8 Å². The number of nitrogens with zero attached hydrogens (tertiary/aromatic N) is 6. The molecule has 2 bridgehead atoms. The van der Waals surface area contributed by atoms with Crippen LogP contribution in [0.25, 0.3) is 16.3 Å². The molecule has 158 valence electrons. The van der Waals surface area contributed by atoms with Crippen LogP contribution in [0.1, 0.15) is 19.3 Å². The van der Waals surface area contributed by atoms with Gasteiger partial charge in [-0.1, -0.05) is 11.3 Å². The second-order valence-corrected chi connectivity index (χ2v) is 9.15. The molecule has 30 heavy (non-hydrogen) atoms. The Morgan fingerprint density at radius 1 is 1.23 bits per heavy atom. The first-order valence-corrected chi connectivity index (χ1v) is 11.0. The highest BCUT2D eigenvalue weighted by Gasteiger charge is 2.46. The largest absolute Gasteiger partial charge is 0.507 e.